The second kappa shape index (κ2) is 5.67. The van der Waals surface area contributed by atoms with Crippen molar-refractivity contribution in [2.75, 3.05) is 5.32 Å². The third kappa shape index (κ3) is 3.00. The lowest BCUT2D eigenvalue weighted by Gasteiger charge is -2.09. The molecule has 5 nitrogen and oxygen atoms in total. The summed E-state index contributed by atoms with van der Waals surface area (Å²) in [5.41, 5.74) is 2.13. The van der Waals surface area contributed by atoms with Crippen LogP contribution in [-0.4, -0.2) is 9.91 Å². The molecule has 0 aliphatic heterocycles. The van der Waals surface area contributed by atoms with E-state index in [1.807, 2.05) is 19.1 Å². The Hall–Kier alpha value is -2.14. The molecular weight excluding hydrogens is 266 g/mol. The van der Waals surface area contributed by atoms with Crippen LogP contribution in [0.2, 0.25) is 5.02 Å². The number of pyridine rings is 1. The number of nitro benzene ring substituents is 1. The lowest BCUT2D eigenvalue weighted by Crippen LogP contribution is -2.06. The molecule has 1 aromatic carbocycles. The molecule has 0 saturated heterocycles. The Kier molecular flexibility index (Phi) is 3.97. The lowest BCUT2D eigenvalue weighted by molar-refractivity contribution is -0.383. The highest BCUT2D eigenvalue weighted by Gasteiger charge is 2.16. The fourth-order valence-electron chi connectivity index (χ4n) is 1.72. The lowest BCUT2D eigenvalue weighted by atomic mass is 10.2. The molecule has 0 radical (unpaired) electrons. The van der Waals surface area contributed by atoms with Gasteiger partial charge in [-0.15, -0.1) is 0 Å². The van der Waals surface area contributed by atoms with Gasteiger partial charge in [0.15, 0.2) is 0 Å². The predicted octanol–water partition coefficient (Wildman–Crippen LogP) is 3.56. The van der Waals surface area contributed by atoms with Crippen LogP contribution >= 0.6 is 11.6 Å². The summed E-state index contributed by atoms with van der Waals surface area (Å²) < 4.78 is 0. The van der Waals surface area contributed by atoms with E-state index in [9.17, 15) is 10.1 Å². The van der Waals surface area contributed by atoms with Gasteiger partial charge in [0, 0.05) is 12.3 Å². The van der Waals surface area contributed by atoms with E-state index in [1.54, 1.807) is 18.3 Å². The maximum Gasteiger partial charge on any atom is 0.293 e. The van der Waals surface area contributed by atoms with Crippen LogP contribution in [0.3, 0.4) is 0 Å². The van der Waals surface area contributed by atoms with Crippen molar-refractivity contribution in [1.29, 1.82) is 0 Å². The van der Waals surface area contributed by atoms with Gasteiger partial charge >= 0.3 is 0 Å². The summed E-state index contributed by atoms with van der Waals surface area (Å²) in [7, 11) is 0. The summed E-state index contributed by atoms with van der Waals surface area (Å²) in [5, 5.41) is 14.2. The molecule has 0 atom stereocenters. The molecule has 0 saturated carbocycles. The molecule has 6 heteroatoms. The van der Waals surface area contributed by atoms with Gasteiger partial charge in [0.1, 0.15) is 5.69 Å². The molecule has 0 fully saturated rings. The second-order valence-electron chi connectivity index (χ2n) is 4.01. The van der Waals surface area contributed by atoms with Crippen molar-refractivity contribution in [1.82, 2.24) is 4.98 Å². The number of aromatic nitrogens is 1. The average Bonchev–Trinajstić information content (AvgIpc) is 2.38. The van der Waals surface area contributed by atoms with Crippen LogP contribution in [-0.2, 0) is 6.54 Å². The molecule has 98 valence electrons. The SMILES string of the molecule is Cc1cccnc1CNc1c(Cl)cccc1[N+](=O)[O-]. The Labute approximate surface area is 115 Å². The number of halogens is 1. The molecule has 1 heterocycles. The molecule has 0 aliphatic carbocycles. The van der Waals surface area contributed by atoms with Crippen LogP contribution in [0, 0.1) is 17.0 Å². The van der Waals surface area contributed by atoms with Crippen molar-refractivity contribution in [3.8, 4) is 0 Å². The molecule has 0 bridgehead atoms. The summed E-state index contributed by atoms with van der Waals surface area (Å²) >= 11 is 5.99. The maximum atomic E-state index is 10.9. The molecule has 0 aliphatic rings. The van der Waals surface area contributed by atoms with Crippen LogP contribution in [0.1, 0.15) is 11.3 Å². The van der Waals surface area contributed by atoms with Crippen molar-refractivity contribution >= 4 is 23.0 Å². The zero-order valence-corrected chi connectivity index (χ0v) is 11.0. The summed E-state index contributed by atoms with van der Waals surface area (Å²) in [5.74, 6) is 0. The zero-order chi connectivity index (χ0) is 13.8. The number of para-hydroxylation sites is 1. The summed E-state index contributed by atoms with van der Waals surface area (Å²) in [6, 6.07) is 8.36. The summed E-state index contributed by atoms with van der Waals surface area (Å²) in [6.45, 7) is 2.32. The largest absolute Gasteiger partial charge is 0.373 e. The first kappa shape index (κ1) is 13.3. The first-order valence-corrected chi connectivity index (χ1v) is 6.04. The smallest absolute Gasteiger partial charge is 0.293 e. The van der Waals surface area contributed by atoms with E-state index in [0.717, 1.165) is 11.3 Å². The van der Waals surface area contributed by atoms with Gasteiger partial charge in [-0.05, 0) is 24.6 Å². The summed E-state index contributed by atoms with van der Waals surface area (Å²) in [4.78, 5) is 14.7. The number of hydrogen-bond acceptors (Lipinski definition) is 4. The molecule has 0 amide bonds. The van der Waals surface area contributed by atoms with Crippen molar-refractivity contribution in [3.63, 3.8) is 0 Å². The van der Waals surface area contributed by atoms with Crippen molar-refractivity contribution in [3.05, 3.63) is 62.9 Å². The molecule has 1 N–H and O–H groups in total. The quantitative estimate of drug-likeness (QED) is 0.685. The molecular formula is C13H12ClN3O2. The maximum absolute atomic E-state index is 10.9. The Balaban J connectivity index is 2.25. The second-order valence-corrected chi connectivity index (χ2v) is 4.42. The van der Waals surface area contributed by atoms with Crippen LogP contribution in [0.4, 0.5) is 11.4 Å². The van der Waals surface area contributed by atoms with E-state index in [-0.39, 0.29) is 5.69 Å². The topological polar surface area (TPSA) is 68.1 Å². The van der Waals surface area contributed by atoms with E-state index in [2.05, 4.69) is 10.3 Å². The van der Waals surface area contributed by atoms with E-state index in [4.69, 9.17) is 11.6 Å². The fraction of sp³-hybridized carbons (Fsp3) is 0.154. The normalized spacial score (nSPS) is 10.2. The number of nitrogens with zero attached hydrogens (tertiary/aromatic N) is 2. The van der Waals surface area contributed by atoms with Crippen LogP contribution < -0.4 is 5.32 Å². The first-order chi connectivity index (χ1) is 9.09. The Morgan fingerprint density at radius 2 is 2.16 bits per heavy atom. The van der Waals surface area contributed by atoms with Gasteiger partial charge in [-0.25, -0.2) is 0 Å². The zero-order valence-electron chi connectivity index (χ0n) is 10.3. The summed E-state index contributed by atoms with van der Waals surface area (Å²) in [6.07, 6.45) is 1.69. The van der Waals surface area contributed by atoms with Gasteiger partial charge in [-0.2, -0.15) is 0 Å². The van der Waals surface area contributed by atoms with E-state index in [1.165, 1.54) is 6.07 Å². The Morgan fingerprint density at radius 1 is 1.37 bits per heavy atom. The number of aryl methyl sites for hydroxylation is 1. The van der Waals surface area contributed by atoms with Crippen LogP contribution in [0.25, 0.3) is 0 Å². The minimum atomic E-state index is -0.459. The van der Waals surface area contributed by atoms with Gasteiger partial charge in [-0.3, -0.25) is 15.1 Å². The number of nitrogens with one attached hydrogen (secondary N) is 1. The minimum Gasteiger partial charge on any atom is -0.373 e. The van der Waals surface area contributed by atoms with Gasteiger partial charge in [-0.1, -0.05) is 23.7 Å². The first-order valence-electron chi connectivity index (χ1n) is 5.67. The van der Waals surface area contributed by atoms with E-state index in [0.29, 0.717) is 17.3 Å². The van der Waals surface area contributed by atoms with Gasteiger partial charge < -0.3 is 5.32 Å². The number of benzene rings is 1. The van der Waals surface area contributed by atoms with Crippen LogP contribution in [0.5, 0.6) is 0 Å². The van der Waals surface area contributed by atoms with Gasteiger partial charge in [0.2, 0.25) is 0 Å². The van der Waals surface area contributed by atoms with E-state index >= 15 is 0 Å². The minimum absolute atomic E-state index is 0.0407. The monoisotopic (exact) mass is 277 g/mol. The predicted molar refractivity (Wildman–Crippen MR) is 74.4 cm³/mol. The highest BCUT2D eigenvalue weighted by atomic mass is 35.5. The molecule has 2 rings (SSSR count). The third-order valence-corrected chi connectivity index (χ3v) is 3.05. The van der Waals surface area contributed by atoms with Crippen molar-refractivity contribution in [2.45, 2.75) is 13.5 Å². The third-order valence-electron chi connectivity index (χ3n) is 2.74. The molecule has 0 spiro atoms. The fourth-order valence-corrected chi connectivity index (χ4v) is 1.95. The van der Waals surface area contributed by atoms with Crippen molar-refractivity contribution in [2.24, 2.45) is 0 Å². The van der Waals surface area contributed by atoms with Gasteiger partial charge in [0.05, 0.1) is 22.2 Å². The molecule has 2 aromatic rings. The molecule has 0 unspecified atom stereocenters. The highest BCUT2D eigenvalue weighted by molar-refractivity contribution is 6.33. The Bertz CT molecular complexity index is 617. The number of anilines is 1. The molecule has 19 heavy (non-hydrogen) atoms. The standard InChI is InChI=1S/C13H12ClN3O2/c1-9-4-3-7-15-11(9)8-16-13-10(14)5-2-6-12(13)17(18)19/h2-7,16H,8H2,1H3. The van der Waals surface area contributed by atoms with Gasteiger partial charge in [0.25, 0.3) is 5.69 Å². The Morgan fingerprint density at radius 3 is 2.84 bits per heavy atom. The number of nitro groups is 1. The highest BCUT2D eigenvalue weighted by Crippen LogP contribution is 2.32. The van der Waals surface area contributed by atoms with E-state index < -0.39 is 4.92 Å². The number of rotatable bonds is 4. The van der Waals surface area contributed by atoms with Crippen molar-refractivity contribution < 1.29 is 4.92 Å². The number of hydrogen-bond donors (Lipinski definition) is 1. The average molecular weight is 278 g/mol. The molecule has 1 aromatic heterocycles. The van der Waals surface area contributed by atoms with Crippen LogP contribution in [0.15, 0.2) is 36.5 Å².